The molecule has 1 fully saturated rings. The van der Waals surface area contributed by atoms with Gasteiger partial charge in [-0.3, -0.25) is 0 Å². The lowest BCUT2D eigenvalue weighted by Crippen LogP contribution is -2.42. The summed E-state index contributed by atoms with van der Waals surface area (Å²) in [5.41, 5.74) is 0. The molecule has 0 aromatic rings. The van der Waals surface area contributed by atoms with Crippen molar-refractivity contribution in [3.05, 3.63) is 12.3 Å². The molecule has 1 saturated heterocycles. The molecule has 0 bridgehead atoms. The Labute approximate surface area is 108 Å². The van der Waals surface area contributed by atoms with Gasteiger partial charge in [0, 0.05) is 19.3 Å². The maximum Gasteiger partial charge on any atom is 0.412 e. The number of nitrogens with zero attached hydrogens (tertiary/aromatic N) is 4. The molecular weight excluding hydrogens is 261 g/mol. The van der Waals surface area contributed by atoms with Crippen LogP contribution in [0.5, 0.6) is 0 Å². The zero-order valence-electron chi connectivity index (χ0n) is 10.1. The van der Waals surface area contributed by atoms with Crippen molar-refractivity contribution in [2.75, 3.05) is 32.8 Å². The molecule has 3 aliphatic heterocycles. The van der Waals surface area contributed by atoms with Crippen molar-refractivity contribution in [3.8, 4) is 0 Å². The van der Waals surface area contributed by atoms with Crippen LogP contribution in [0.4, 0.5) is 13.2 Å². The first-order chi connectivity index (χ1) is 9.04. The first kappa shape index (κ1) is 12.5. The number of hydrogen-bond donors (Lipinski definition) is 0. The monoisotopic (exact) mass is 274 g/mol. The van der Waals surface area contributed by atoms with Crippen LogP contribution in [0.25, 0.3) is 0 Å². The first-order valence-electron chi connectivity index (χ1n) is 6.05. The number of fused-ring (bicyclic) bond motifs is 1. The highest BCUT2D eigenvalue weighted by Crippen LogP contribution is 2.28. The van der Waals surface area contributed by atoms with Gasteiger partial charge in [0.05, 0.1) is 19.8 Å². The van der Waals surface area contributed by atoms with Crippen LogP contribution < -0.4 is 0 Å². The Kier molecular flexibility index (Phi) is 2.96. The van der Waals surface area contributed by atoms with Crippen LogP contribution in [0.2, 0.25) is 0 Å². The Morgan fingerprint density at radius 2 is 2.00 bits per heavy atom. The van der Waals surface area contributed by atoms with E-state index in [0.29, 0.717) is 32.1 Å². The van der Waals surface area contributed by atoms with Crippen molar-refractivity contribution < 1.29 is 17.9 Å². The number of alkyl halides is 3. The standard InChI is InChI=1S/C11H13F3N4O/c12-11(13,14)8-7-18-2-1-9(16-10(18)15-8)17-3-5-19-6-4-17/h1-2,8H,3-7H2. The zero-order chi connectivity index (χ0) is 13.5. The molecule has 0 aliphatic carbocycles. The SMILES string of the molecule is FC(F)(F)C1CN2C=CC(N3CCOCC3)=NC2=N1. The van der Waals surface area contributed by atoms with E-state index in [1.165, 1.54) is 4.90 Å². The molecule has 104 valence electrons. The third kappa shape index (κ3) is 2.44. The first-order valence-corrected chi connectivity index (χ1v) is 6.05. The molecule has 0 saturated carbocycles. The molecule has 0 aromatic heterocycles. The molecule has 3 heterocycles. The van der Waals surface area contributed by atoms with Crippen LogP contribution in [-0.4, -0.2) is 66.7 Å². The van der Waals surface area contributed by atoms with E-state index in [4.69, 9.17) is 4.74 Å². The smallest absolute Gasteiger partial charge is 0.378 e. The van der Waals surface area contributed by atoms with E-state index in [0.717, 1.165) is 0 Å². The van der Waals surface area contributed by atoms with Crippen molar-refractivity contribution in [1.29, 1.82) is 0 Å². The summed E-state index contributed by atoms with van der Waals surface area (Å²) in [6.07, 6.45) is -0.974. The molecular formula is C11H13F3N4O. The number of ether oxygens (including phenoxy) is 1. The summed E-state index contributed by atoms with van der Waals surface area (Å²) >= 11 is 0. The fourth-order valence-corrected chi connectivity index (χ4v) is 2.18. The Morgan fingerprint density at radius 1 is 1.26 bits per heavy atom. The fourth-order valence-electron chi connectivity index (χ4n) is 2.18. The van der Waals surface area contributed by atoms with Gasteiger partial charge in [-0.1, -0.05) is 0 Å². The third-order valence-electron chi connectivity index (χ3n) is 3.23. The minimum Gasteiger partial charge on any atom is -0.378 e. The number of aliphatic imine (C=N–C) groups is 2. The van der Waals surface area contributed by atoms with Crippen molar-refractivity contribution in [2.24, 2.45) is 9.98 Å². The normalized spacial score (nSPS) is 27.2. The Morgan fingerprint density at radius 3 is 2.68 bits per heavy atom. The van der Waals surface area contributed by atoms with Crippen molar-refractivity contribution in [1.82, 2.24) is 9.80 Å². The lowest BCUT2D eigenvalue weighted by Gasteiger charge is -2.30. The highest BCUT2D eigenvalue weighted by Gasteiger charge is 2.45. The maximum absolute atomic E-state index is 12.6. The Bertz CT molecular complexity index is 451. The van der Waals surface area contributed by atoms with Crippen molar-refractivity contribution in [2.45, 2.75) is 12.2 Å². The highest BCUT2D eigenvalue weighted by molar-refractivity contribution is 6.05. The van der Waals surface area contributed by atoms with Crippen LogP contribution in [0.3, 0.4) is 0 Å². The van der Waals surface area contributed by atoms with Gasteiger partial charge < -0.3 is 14.5 Å². The molecule has 1 unspecified atom stereocenters. The molecule has 1 atom stereocenters. The number of halogens is 3. The molecule has 0 amide bonds. The molecule has 0 radical (unpaired) electrons. The van der Waals surface area contributed by atoms with E-state index in [1.54, 1.807) is 12.3 Å². The molecule has 0 aromatic carbocycles. The minimum absolute atomic E-state index is 0.145. The number of morpholine rings is 1. The summed E-state index contributed by atoms with van der Waals surface area (Å²) < 4.78 is 43.1. The lowest BCUT2D eigenvalue weighted by molar-refractivity contribution is -0.145. The second-order valence-electron chi connectivity index (χ2n) is 4.52. The second kappa shape index (κ2) is 4.52. The Hall–Kier alpha value is -1.57. The fraction of sp³-hybridized carbons (Fsp3) is 0.636. The van der Waals surface area contributed by atoms with Gasteiger partial charge in [0.25, 0.3) is 0 Å². The van der Waals surface area contributed by atoms with E-state index in [2.05, 4.69) is 9.98 Å². The van der Waals surface area contributed by atoms with Crippen molar-refractivity contribution >= 4 is 11.8 Å². The predicted molar refractivity (Wildman–Crippen MR) is 63.0 cm³/mol. The van der Waals surface area contributed by atoms with E-state index in [9.17, 15) is 13.2 Å². The van der Waals surface area contributed by atoms with Crippen LogP contribution in [0, 0.1) is 0 Å². The Balaban J connectivity index is 1.78. The van der Waals surface area contributed by atoms with Crippen LogP contribution in [-0.2, 0) is 4.74 Å². The van der Waals surface area contributed by atoms with Crippen LogP contribution in [0.1, 0.15) is 0 Å². The second-order valence-corrected chi connectivity index (χ2v) is 4.52. The van der Waals surface area contributed by atoms with Gasteiger partial charge >= 0.3 is 6.18 Å². The lowest BCUT2D eigenvalue weighted by atomic mass is 10.3. The van der Waals surface area contributed by atoms with Gasteiger partial charge in [-0.2, -0.15) is 18.2 Å². The molecule has 5 nitrogen and oxygen atoms in total. The average molecular weight is 274 g/mol. The highest BCUT2D eigenvalue weighted by atomic mass is 19.4. The quantitative estimate of drug-likeness (QED) is 0.657. The summed E-state index contributed by atoms with van der Waals surface area (Å²) in [6, 6.07) is -1.68. The van der Waals surface area contributed by atoms with Gasteiger partial charge in [0.1, 0.15) is 5.84 Å². The van der Waals surface area contributed by atoms with Gasteiger partial charge in [0.15, 0.2) is 6.04 Å². The molecule has 8 heteroatoms. The predicted octanol–water partition coefficient (Wildman–Crippen LogP) is 0.847. The van der Waals surface area contributed by atoms with Gasteiger partial charge in [0.2, 0.25) is 5.96 Å². The largest absolute Gasteiger partial charge is 0.412 e. The van der Waals surface area contributed by atoms with E-state index >= 15 is 0 Å². The third-order valence-corrected chi connectivity index (χ3v) is 3.23. The van der Waals surface area contributed by atoms with Crippen molar-refractivity contribution in [3.63, 3.8) is 0 Å². The number of hydrogen-bond acceptors (Lipinski definition) is 5. The maximum atomic E-state index is 12.6. The number of guanidine groups is 1. The average Bonchev–Trinajstić information content (AvgIpc) is 2.82. The van der Waals surface area contributed by atoms with E-state index < -0.39 is 12.2 Å². The molecule has 0 spiro atoms. The van der Waals surface area contributed by atoms with Crippen LogP contribution >= 0.6 is 0 Å². The zero-order valence-corrected chi connectivity index (χ0v) is 10.1. The van der Waals surface area contributed by atoms with Gasteiger partial charge in [-0.15, -0.1) is 0 Å². The van der Waals surface area contributed by atoms with Gasteiger partial charge in [-0.05, 0) is 6.08 Å². The summed E-state index contributed by atoms with van der Waals surface area (Å²) in [6.45, 7) is 2.41. The molecule has 19 heavy (non-hydrogen) atoms. The molecule has 3 aliphatic rings. The van der Waals surface area contributed by atoms with Crippen LogP contribution in [0.15, 0.2) is 22.3 Å². The molecule has 0 N–H and O–H groups in total. The molecule has 3 rings (SSSR count). The summed E-state index contributed by atoms with van der Waals surface area (Å²) in [4.78, 5) is 11.3. The topological polar surface area (TPSA) is 40.4 Å². The summed E-state index contributed by atoms with van der Waals surface area (Å²) in [5, 5.41) is 0. The minimum atomic E-state index is -4.31. The van der Waals surface area contributed by atoms with E-state index in [-0.39, 0.29) is 12.5 Å². The summed E-state index contributed by atoms with van der Waals surface area (Å²) in [7, 11) is 0. The number of amidine groups is 1. The summed E-state index contributed by atoms with van der Waals surface area (Å²) in [5.74, 6) is 0.799. The van der Waals surface area contributed by atoms with E-state index in [1.807, 2.05) is 4.90 Å². The van der Waals surface area contributed by atoms with Gasteiger partial charge in [-0.25, -0.2) is 4.99 Å². The number of rotatable bonds is 0.